The van der Waals surface area contributed by atoms with E-state index in [1.165, 1.54) is 0 Å². The van der Waals surface area contributed by atoms with Crippen LogP contribution in [0.1, 0.15) is 11.1 Å². The largest absolute Gasteiger partial charge is 0.394 e. The first kappa shape index (κ1) is 13.5. The lowest BCUT2D eigenvalue weighted by Crippen LogP contribution is -2.49. The van der Waals surface area contributed by atoms with E-state index in [0.717, 1.165) is 5.56 Å². The van der Waals surface area contributed by atoms with Crippen LogP contribution in [0.2, 0.25) is 0 Å². The number of benzene rings is 1. The van der Waals surface area contributed by atoms with Crippen LogP contribution in [0.25, 0.3) is 0 Å². The molecule has 0 radical (unpaired) electrons. The molecule has 1 rings (SSSR count). The minimum absolute atomic E-state index is 0.390. The monoisotopic (exact) mass is 236 g/mol. The Bertz CT molecular complexity index is 414. The summed E-state index contributed by atoms with van der Waals surface area (Å²) in [6.45, 7) is 0.624. The summed E-state index contributed by atoms with van der Waals surface area (Å²) in [6, 6.07) is 7.10. The standard InChI is InChI=1S/C12H16N2O3/c1-9-4-11(3-2-10(9)5-13)14-12(6-15,7-16)8-17/h2-4,14-17H,6-8H2,1H3. The van der Waals surface area contributed by atoms with Crippen molar-refractivity contribution in [1.29, 1.82) is 5.26 Å². The van der Waals surface area contributed by atoms with Gasteiger partial charge in [-0.25, -0.2) is 0 Å². The molecular weight excluding hydrogens is 220 g/mol. The van der Waals surface area contributed by atoms with Gasteiger partial charge in [0.2, 0.25) is 0 Å². The number of hydrogen-bond acceptors (Lipinski definition) is 5. The van der Waals surface area contributed by atoms with Crippen LogP contribution in [0, 0.1) is 18.3 Å². The zero-order valence-corrected chi connectivity index (χ0v) is 9.64. The van der Waals surface area contributed by atoms with Crippen molar-refractivity contribution in [3.05, 3.63) is 29.3 Å². The van der Waals surface area contributed by atoms with E-state index in [1.54, 1.807) is 25.1 Å². The Balaban J connectivity index is 2.95. The smallest absolute Gasteiger partial charge is 0.107 e. The van der Waals surface area contributed by atoms with Gasteiger partial charge in [0.05, 0.1) is 31.5 Å². The van der Waals surface area contributed by atoms with Gasteiger partial charge in [-0.2, -0.15) is 5.26 Å². The molecule has 0 aromatic heterocycles. The second-order valence-electron chi connectivity index (χ2n) is 4.02. The summed E-state index contributed by atoms with van der Waals surface area (Å²) < 4.78 is 0. The van der Waals surface area contributed by atoms with Crippen LogP contribution >= 0.6 is 0 Å². The second-order valence-corrected chi connectivity index (χ2v) is 4.02. The highest BCUT2D eigenvalue weighted by Crippen LogP contribution is 2.18. The van der Waals surface area contributed by atoms with E-state index in [9.17, 15) is 15.3 Å². The van der Waals surface area contributed by atoms with Gasteiger partial charge in [0.25, 0.3) is 0 Å². The van der Waals surface area contributed by atoms with E-state index in [0.29, 0.717) is 11.3 Å². The summed E-state index contributed by atoms with van der Waals surface area (Å²) in [6.07, 6.45) is 0. The Kier molecular flexibility index (Phi) is 4.46. The van der Waals surface area contributed by atoms with Crippen molar-refractivity contribution < 1.29 is 15.3 Å². The van der Waals surface area contributed by atoms with Gasteiger partial charge >= 0.3 is 0 Å². The van der Waals surface area contributed by atoms with E-state index >= 15 is 0 Å². The highest BCUT2D eigenvalue weighted by Gasteiger charge is 2.27. The minimum Gasteiger partial charge on any atom is -0.394 e. The Morgan fingerprint density at radius 2 is 1.82 bits per heavy atom. The van der Waals surface area contributed by atoms with E-state index < -0.39 is 5.54 Å². The number of hydrogen-bond donors (Lipinski definition) is 4. The van der Waals surface area contributed by atoms with Gasteiger partial charge in [0.1, 0.15) is 5.54 Å². The van der Waals surface area contributed by atoms with E-state index in [1.807, 2.05) is 0 Å². The van der Waals surface area contributed by atoms with Crippen LogP contribution in [-0.4, -0.2) is 40.7 Å². The normalized spacial score (nSPS) is 11.0. The first-order chi connectivity index (χ1) is 8.10. The van der Waals surface area contributed by atoms with Gasteiger partial charge < -0.3 is 20.6 Å². The number of rotatable bonds is 5. The topological polar surface area (TPSA) is 96.5 Å². The molecular formula is C12H16N2O3. The summed E-state index contributed by atoms with van der Waals surface area (Å²) in [5.74, 6) is 0. The van der Waals surface area contributed by atoms with Crippen molar-refractivity contribution in [2.45, 2.75) is 12.5 Å². The van der Waals surface area contributed by atoms with Crippen LogP contribution in [0.3, 0.4) is 0 Å². The van der Waals surface area contributed by atoms with Crippen molar-refractivity contribution in [2.75, 3.05) is 25.1 Å². The molecule has 0 spiro atoms. The Labute approximate surface area is 99.9 Å². The van der Waals surface area contributed by atoms with E-state index in [2.05, 4.69) is 11.4 Å². The zero-order valence-electron chi connectivity index (χ0n) is 9.64. The molecule has 0 heterocycles. The molecule has 0 unspecified atom stereocenters. The van der Waals surface area contributed by atoms with Crippen molar-refractivity contribution in [2.24, 2.45) is 0 Å². The average molecular weight is 236 g/mol. The number of aliphatic hydroxyl groups excluding tert-OH is 3. The van der Waals surface area contributed by atoms with Crippen molar-refractivity contribution in [1.82, 2.24) is 0 Å². The van der Waals surface area contributed by atoms with Crippen LogP contribution in [-0.2, 0) is 0 Å². The summed E-state index contributed by atoms with van der Waals surface area (Å²) >= 11 is 0. The molecule has 0 amide bonds. The molecule has 0 atom stereocenters. The highest BCUT2D eigenvalue weighted by molar-refractivity contribution is 5.53. The van der Waals surface area contributed by atoms with E-state index in [4.69, 9.17) is 5.26 Å². The second kappa shape index (κ2) is 5.64. The lowest BCUT2D eigenvalue weighted by Gasteiger charge is -2.30. The summed E-state index contributed by atoms with van der Waals surface area (Å²) in [7, 11) is 0. The van der Waals surface area contributed by atoms with Gasteiger partial charge in [-0.1, -0.05) is 0 Å². The quantitative estimate of drug-likeness (QED) is 0.577. The molecule has 0 bridgehead atoms. The maximum atomic E-state index is 9.17. The summed E-state index contributed by atoms with van der Waals surface area (Å²) in [4.78, 5) is 0. The third-order valence-corrected chi connectivity index (χ3v) is 2.66. The fraction of sp³-hybridized carbons (Fsp3) is 0.417. The number of aliphatic hydroxyl groups is 3. The van der Waals surface area contributed by atoms with Gasteiger partial charge in [-0.05, 0) is 30.7 Å². The van der Waals surface area contributed by atoms with Gasteiger partial charge in [-0.15, -0.1) is 0 Å². The van der Waals surface area contributed by atoms with Crippen LogP contribution in [0.4, 0.5) is 5.69 Å². The predicted octanol–water partition coefficient (Wildman–Crippen LogP) is -0.00570. The first-order valence-corrected chi connectivity index (χ1v) is 5.22. The molecule has 0 saturated carbocycles. The number of anilines is 1. The number of nitrogens with zero attached hydrogens (tertiary/aromatic N) is 1. The Hall–Kier alpha value is -1.61. The molecule has 5 heteroatoms. The maximum Gasteiger partial charge on any atom is 0.107 e. The number of nitriles is 1. The Morgan fingerprint density at radius 3 is 2.24 bits per heavy atom. The predicted molar refractivity (Wildman–Crippen MR) is 63.5 cm³/mol. The molecule has 17 heavy (non-hydrogen) atoms. The first-order valence-electron chi connectivity index (χ1n) is 5.22. The third-order valence-electron chi connectivity index (χ3n) is 2.66. The van der Waals surface area contributed by atoms with Crippen molar-refractivity contribution >= 4 is 5.69 Å². The van der Waals surface area contributed by atoms with Crippen LogP contribution in [0.15, 0.2) is 18.2 Å². The van der Waals surface area contributed by atoms with Crippen molar-refractivity contribution in [3.8, 4) is 6.07 Å². The molecule has 92 valence electrons. The maximum absolute atomic E-state index is 9.17. The lowest BCUT2D eigenvalue weighted by atomic mass is 10.0. The molecule has 0 aliphatic carbocycles. The minimum atomic E-state index is -1.15. The molecule has 1 aromatic rings. The molecule has 0 fully saturated rings. The molecule has 0 aliphatic heterocycles. The molecule has 1 aromatic carbocycles. The average Bonchev–Trinajstić information content (AvgIpc) is 2.36. The molecule has 4 N–H and O–H groups in total. The summed E-state index contributed by atoms with van der Waals surface area (Å²) in [5.41, 5.74) is 0.845. The third kappa shape index (κ3) is 2.94. The zero-order chi connectivity index (χ0) is 12.9. The fourth-order valence-corrected chi connectivity index (χ4v) is 1.44. The van der Waals surface area contributed by atoms with Crippen LogP contribution in [0.5, 0.6) is 0 Å². The number of aryl methyl sites for hydroxylation is 1. The van der Waals surface area contributed by atoms with Gasteiger partial charge in [0, 0.05) is 5.69 Å². The molecule has 5 nitrogen and oxygen atoms in total. The van der Waals surface area contributed by atoms with Gasteiger partial charge in [-0.3, -0.25) is 0 Å². The van der Waals surface area contributed by atoms with E-state index in [-0.39, 0.29) is 19.8 Å². The van der Waals surface area contributed by atoms with Crippen molar-refractivity contribution in [3.63, 3.8) is 0 Å². The molecule has 0 aliphatic rings. The SMILES string of the molecule is Cc1cc(NC(CO)(CO)CO)ccc1C#N. The Morgan fingerprint density at radius 1 is 1.24 bits per heavy atom. The number of nitrogens with one attached hydrogen (secondary N) is 1. The molecule has 0 saturated heterocycles. The highest BCUT2D eigenvalue weighted by atomic mass is 16.3. The van der Waals surface area contributed by atoms with Crippen LogP contribution < -0.4 is 5.32 Å². The fourth-order valence-electron chi connectivity index (χ4n) is 1.44. The van der Waals surface area contributed by atoms with Gasteiger partial charge in [0.15, 0.2) is 0 Å². The lowest BCUT2D eigenvalue weighted by molar-refractivity contribution is 0.0834. The summed E-state index contributed by atoms with van der Waals surface area (Å²) in [5, 5.41) is 39.2.